The van der Waals surface area contributed by atoms with E-state index in [-0.39, 0.29) is 5.41 Å². The summed E-state index contributed by atoms with van der Waals surface area (Å²) >= 11 is 1.75. The second-order valence-corrected chi connectivity index (χ2v) is 14.4. The maximum atomic E-state index is 5.31. The van der Waals surface area contributed by atoms with E-state index in [1.54, 1.807) is 11.3 Å². The van der Waals surface area contributed by atoms with Gasteiger partial charge in [0.1, 0.15) is 4.83 Å². The standard InChI is InChI=1S/C44H30N2S/c1-44(2)38-17-4-3-11-31(38)32-19-18-27(24-39(32)44)26-9-5-10-28(23-26)29-12-6-13-30-33-20-21-40(46-41(33)25-37(29)30)36-15-7-14-34-35-16-8-22-45-43(35)47-42(34)36/h3-24H,25H2,1-2H3. The molecule has 0 bridgehead atoms. The molecule has 47 heavy (non-hydrogen) atoms. The largest absolute Gasteiger partial charge is 0.252 e. The summed E-state index contributed by atoms with van der Waals surface area (Å²) < 4.78 is 1.25. The molecule has 0 amide bonds. The third-order valence-electron chi connectivity index (χ3n) is 10.4. The van der Waals surface area contributed by atoms with Crippen molar-refractivity contribution in [3.8, 4) is 55.8 Å². The third kappa shape index (κ3) is 3.90. The van der Waals surface area contributed by atoms with Gasteiger partial charge in [0.25, 0.3) is 0 Å². The number of pyridine rings is 2. The lowest BCUT2D eigenvalue weighted by molar-refractivity contribution is 0.660. The van der Waals surface area contributed by atoms with E-state index in [1.165, 1.54) is 82.2 Å². The van der Waals surface area contributed by atoms with Gasteiger partial charge in [-0.05, 0) is 86.0 Å². The van der Waals surface area contributed by atoms with Gasteiger partial charge < -0.3 is 0 Å². The Bertz CT molecular complexity index is 2590. The van der Waals surface area contributed by atoms with E-state index in [2.05, 4.69) is 140 Å². The lowest BCUT2D eigenvalue weighted by Gasteiger charge is -2.22. The van der Waals surface area contributed by atoms with Gasteiger partial charge in [-0.15, -0.1) is 11.3 Å². The summed E-state index contributed by atoms with van der Waals surface area (Å²) in [7, 11) is 0. The molecule has 0 fully saturated rings. The quantitative estimate of drug-likeness (QED) is 0.197. The van der Waals surface area contributed by atoms with Crippen LogP contribution in [0.15, 0.2) is 134 Å². The van der Waals surface area contributed by atoms with Crippen LogP contribution >= 0.6 is 11.3 Å². The van der Waals surface area contributed by atoms with Gasteiger partial charge in [0.2, 0.25) is 0 Å². The van der Waals surface area contributed by atoms with Gasteiger partial charge in [0, 0.05) is 44.6 Å². The zero-order valence-electron chi connectivity index (χ0n) is 26.2. The summed E-state index contributed by atoms with van der Waals surface area (Å²) in [6.07, 6.45) is 2.70. The molecule has 3 heterocycles. The number of hydrogen-bond acceptors (Lipinski definition) is 3. The molecular formula is C44H30N2S. The van der Waals surface area contributed by atoms with Crippen molar-refractivity contribution in [3.63, 3.8) is 0 Å². The fraction of sp³-hybridized carbons (Fsp3) is 0.0909. The first-order chi connectivity index (χ1) is 23.0. The molecule has 3 heteroatoms. The highest BCUT2D eigenvalue weighted by Crippen LogP contribution is 2.50. The summed E-state index contributed by atoms with van der Waals surface area (Å²) in [4.78, 5) is 11.0. The SMILES string of the molecule is CC1(C)c2ccccc2-c2ccc(-c3cccc(-c4cccc5c4Cc4nc(-c6cccc7c6sc6ncccc67)ccc4-5)c3)cc21. The Morgan fingerprint density at radius 2 is 1.28 bits per heavy atom. The third-order valence-corrected chi connectivity index (χ3v) is 11.6. The van der Waals surface area contributed by atoms with Crippen LogP contribution in [0.5, 0.6) is 0 Å². The Kier molecular flexibility index (Phi) is 5.59. The first-order valence-corrected chi connectivity index (χ1v) is 17.1. The number of thiophene rings is 1. The van der Waals surface area contributed by atoms with Crippen LogP contribution in [0.1, 0.15) is 36.2 Å². The van der Waals surface area contributed by atoms with Gasteiger partial charge >= 0.3 is 0 Å². The van der Waals surface area contributed by atoms with E-state index in [1.807, 2.05) is 12.3 Å². The molecule has 2 aliphatic rings. The minimum atomic E-state index is -0.0170. The van der Waals surface area contributed by atoms with E-state index in [4.69, 9.17) is 4.98 Å². The number of fused-ring (bicyclic) bond motifs is 9. The van der Waals surface area contributed by atoms with E-state index in [0.29, 0.717) is 0 Å². The van der Waals surface area contributed by atoms with Crippen LogP contribution in [0.2, 0.25) is 0 Å². The maximum Gasteiger partial charge on any atom is 0.124 e. The highest BCUT2D eigenvalue weighted by Gasteiger charge is 2.35. The smallest absolute Gasteiger partial charge is 0.124 e. The van der Waals surface area contributed by atoms with Crippen LogP contribution in [-0.4, -0.2) is 9.97 Å². The van der Waals surface area contributed by atoms with Gasteiger partial charge in [0.15, 0.2) is 0 Å². The predicted octanol–water partition coefficient (Wildman–Crippen LogP) is 11.7. The molecule has 222 valence electrons. The predicted molar refractivity (Wildman–Crippen MR) is 197 cm³/mol. The van der Waals surface area contributed by atoms with E-state index >= 15 is 0 Å². The van der Waals surface area contributed by atoms with Crippen molar-refractivity contribution in [2.24, 2.45) is 0 Å². The minimum Gasteiger partial charge on any atom is -0.252 e. The zero-order chi connectivity index (χ0) is 31.3. The Labute approximate surface area is 278 Å². The Balaban J connectivity index is 1.02. The molecule has 0 atom stereocenters. The first-order valence-electron chi connectivity index (χ1n) is 16.3. The van der Waals surface area contributed by atoms with E-state index in [9.17, 15) is 0 Å². The summed E-state index contributed by atoms with van der Waals surface area (Å²) in [6, 6.07) is 46.9. The van der Waals surface area contributed by atoms with Crippen LogP contribution in [0.25, 0.3) is 76.1 Å². The second kappa shape index (κ2) is 9.81. The Morgan fingerprint density at radius 1 is 0.553 bits per heavy atom. The normalized spacial score (nSPS) is 13.8. The molecule has 0 aliphatic heterocycles. The molecule has 0 N–H and O–H groups in total. The number of aromatic nitrogens is 2. The van der Waals surface area contributed by atoms with Crippen LogP contribution in [0.4, 0.5) is 0 Å². The molecule has 5 aromatic carbocycles. The first kappa shape index (κ1) is 26.8. The van der Waals surface area contributed by atoms with Crippen molar-refractivity contribution in [3.05, 3.63) is 156 Å². The van der Waals surface area contributed by atoms with Gasteiger partial charge in [0.05, 0.1) is 11.4 Å². The molecule has 0 spiro atoms. The summed E-state index contributed by atoms with van der Waals surface area (Å²) in [5, 5.41) is 2.46. The zero-order valence-corrected chi connectivity index (χ0v) is 27.0. The fourth-order valence-electron chi connectivity index (χ4n) is 8.08. The topological polar surface area (TPSA) is 25.8 Å². The highest BCUT2D eigenvalue weighted by molar-refractivity contribution is 7.26. The van der Waals surface area contributed by atoms with Crippen molar-refractivity contribution in [2.45, 2.75) is 25.7 Å². The second-order valence-electron chi connectivity index (χ2n) is 13.4. The van der Waals surface area contributed by atoms with Crippen molar-refractivity contribution in [2.75, 3.05) is 0 Å². The molecular weight excluding hydrogens is 589 g/mol. The molecule has 3 aromatic heterocycles. The lowest BCUT2D eigenvalue weighted by atomic mass is 9.81. The van der Waals surface area contributed by atoms with Crippen molar-refractivity contribution < 1.29 is 0 Å². The molecule has 0 radical (unpaired) electrons. The molecule has 8 aromatic rings. The number of benzene rings is 5. The van der Waals surface area contributed by atoms with Crippen LogP contribution in [0.3, 0.4) is 0 Å². The Hall–Kier alpha value is -5.38. The summed E-state index contributed by atoms with van der Waals surface area (Å²) in [5.41, 5.74) is 17.8. The maximum absolute atomic E-state index is 5.31. The van der Waals surface area contributed by atoms with Gasteiger partial charge in [-0.1, -0.05) is 111 Å². The summed E-state index contributed by atoms with van der Waals surface area (Å²) in [6.45, 7) is 4.70. The monoisotopic (exact) mass is 618 g/mol. The molecule has 0 unspecified atom stereocenters. The Morgan fingerprint density at radius 3 is 2.23 bits per heavy atom. The average molecular weight is 619 g/mol. The van der Waals surface area contributed by atoms with Crippen molar-refractivity contribution in [1.29, 1.82) is 0 Å². The molecule has 2 aliphatic carbocycles. The van der Waals surface area contributed by atoms with Crippen LogP contribution in [-0.2, 0) is 11.8 Å². The molecule has 2 nitrogen and oxygen atoms in total. The van der Waals surface area contributed by atoms with Gasteiger partial charge in [-0.25, -0.2) is 4.98 Å². The van der Waals surface area contributed by atoms with Crippen LogP contribution < -0.4 is 0 Å². The fourth-order valence-corrected chi connectivity index (χ4v) is 9.25. The van der Waals surface area contributed by atoms with Crippen molar-refractivity contribution >= 4 is 31.6 Å². The average Bonchev–Trinajstić information content (AvgIpc) is 3.76. The van der Waals surface area contributed by atoms with E-state index in [0.717, 1.165) is 22.6 Å². The molecule has 0 saturated heterocycles. The number of nitrogens with zero attached hydrogens (tertiary/aromatic N) is 2. The number of rotatable bonds is 3. The van der Waals surface area contributed by atoms with Gasteiger partial charge in [-0.3, -0.25) is 4.98 Å². The summed E-state index contributed by atoms with van der Waals surface area (Å²) in [5.74, 6) is 0. The molecule has 0 saturated carbocycles. The minimum absolute atomic E-state index is 0.0170. The lowest BCUT2D eigenvalue weighted by Crippen LogP contribution is -2.14. The molecule has 10 rings (SSSR count). The van der Waals surface area contributed by atoms with E-state index < -0.39 is 0 Å². The van der Waals surface area contributed by atoms with Crippen LogP contribution in [0, 0.1) is 0 Å². The highest BCUT2D eigenvalue weighted by atomic mass is 32.1. The van der Waals surface area contributed by atoms with Gasteiger partial charge in [-0.2, -0.15) is 0 Å². The number of hydrogen-bond donors (Lipinski definition) is 0. The van der Waals surface area contributed by atoms with Crippen molar-refractivity contribution in [1.82, 2.24) is 9.97 Å².